The molecule has 0 spiro atoms. The van der Waals surface area contributed by atoms with Crippen molar-refractivity contribution in [3.05, 3.63) is 12.1 Å². The second-order valence-corrected chi connectivity index (χ2v) is 4.46. The average Bonchev–Trinajstić information content (AvgIpc) is 2.68. The van der Waals surface area contributed by atoms with E-state index in [0.717, 1.165) is 41.9 Å². The molecule has 2 aromatic rings. The van der Waals surface area contributed by atoms with Crippen molar-refractivity contribution in [3.8, 4) is 11.5 Å². The summed E-state index contributed by atoms with van der Waals surface area (Å²) >= 11 is 0. The minimum Gasteiger partial charge on any atom is -0.486 e. The van der Waals surface area contributed by atoms with E-state index in [1.165, 1.54) is 0 Å². The second kappa shape index (κ2) is 4.40. The molecule has 0 fully saturated rings. The summed E-state index contributed by atoms with van der Waals surface area (Å²) in [7, 11) is 0. The monoisotopic (exact) mass is 247 g/mol. The first kappa shape index (κ1) is 11.2. The third kappa shape index (κ3) is 1.75. The zero-order valence-electron chi connectivity index (χ0n) is 10.5. The number of imidazole rings is 1. The van der Waals surface area contributed by atoms with Crippen molar-refractivity contribution in [2.75, 3.05) is 18.9 Å². The van der Waals surface area contributed by atoms with Gasteiger partial charge in [-0.2, -0.15) is 0 Å². The summed E-state index contributed by atoms with van der Waals surface area (Å²) in [5.41, 5.74) is 7.85. The lowest BCUT2D eigenvalue weighted by Crippen LogP contribution is -2.15. The average molecular weight is 247 g/mol. The van der Waals surface area contributed by atoms with E-state index in [9.17, 15) is 0 Å². The number of hydrogen-bond acceptors (Lipinski definition) is 4. The highest BCUT2D eigenvalue weighted by Crippen LogP contribution is 2.35. The molecule has 1 aliphatic heterocycles. The Balaban J connectivity index is 2.10. The van der Waals surface area contributed by atoms with Crippen LogP contribution in [0.4, 0.5) is 5.95 Å². The number of nitrogens with two attached hydrogens (primary N) is 1. The number of anilines is 1. The van der Waals surface area contributed by atoms with Gasteiger partial charge in [-0.05, 0) is 6.42 Å². The zero-order chi connectivity index (χ0) is 12.5. The second-order valence-electron chi connectivity index (χ2n) is 4.46. The summed E-state index contributed by atoms with van der Waals surface area (Å²) in [6.07, 6.45) is 2.22. The summed E-state index contributed by atoms with van der Waals surface area (Å²) in [6.45, 7) is 4.23. The van der Waals surface area contributed by atoms with Crippen LogP contribution in [-0.4, -0.2) is 22.8 Å². The summed E-state index contributed by atoms with van der Waals surface area (Å²) < 4.78 is 13.2. The molecule has 0 unspecified atom stereocenters. The van der Waals surface area contributed by atoms with Gasteiger partial charge in [-0.25, -0.2) is 4.98 Å². The smallest absolute Gasteiger partial charge is 0.201 e. The lowest BCUT2D eigenvalue weighted by atomic mass is 10.2. The first-order valence-corrected chi connectivity index (χ1v) is 6.35. The number of hydrogen-bond donors (Lipinski definition) is 1. The molecule has 0 amide bonds. The predicted molar refractivity (Wildman–Crippen MR) is 70.0 cm³/mol. The zero-order valence-corrected chi connectivity index (χ0v) is 10.5. The van der Waals surface area contributed by atoms with Crippen molar-refractivity contribution in [1.82, 2.24) is 9.55 Å². The number of fused-ring (bicyclic) bond motifs is 2. The molecule has 0 saturated carbocycles. The molecular formula is C13H17N3O2. The van der Waals surface area contributed by atoms with Crippen LogP contribution in [0, 0.1) is 0 Å². The van der Waals surface area contributed by atoms with E-state index in [1.54, 1.807) is 0 Å². The number of aryl methyl sites for hydroxylation is 1. The van der Waals surface area contributed by atoms with Gasteiger partial charge >= 0.3 is 0 Å². The molecule has 0 bridgehead atoms. The number of rotatable bonds is 3. The topological polar surface area (TPSA) is 62.3 Å². The van der Waals surface area contributed by atoms with E-state index in [1.807, 2.05) is 16.7 Å². The highest BCUT2D eigenvalue weighted by atomic mass is 16.6. The molecule has 1 aliphatic rings. The molecule has 2 heterocycles. The molecule has 0 atom stereocenters. The number of benzene rings is 1. The van der Waals surface area contributed by atoms with Crippen LogP contribution in [0.5, 0.6) is 11.5 Å². The Hall–Kier alpha value is -1.91. The van der Waals surface area contributed by atoms with Crippen LogP contribution >= 0.6 is 0 Å². The van der Waals surface area contributed by atoms with E-state index in [4.69, 9.17) is 15.2 Å². The fourth-order valence-electron chi connectivity index (χ4n) is 2.23. The fourth-order valence-corrected chi connectivity index (χ4v) is 2.23. The summed E-state index contributed by atoms with van der Waals surface area (Å²) in [5, 5.41) is 0. The van der Waals surface area contributed by atoms with Gasteiger partial charge in [-0.15, -0.1) is 0 Å². The van der Waals surface area contributed by atoms with Crippen LogP contribution in [0.3, 0.4) is 0 Å². The molecule has 5 heteroatoms. The molecule has 0 radical (unpaired) electrons. The Morgan fingerprint density at radius 3 is 2.72 bits per heavy atom. The van der Waals surface area contributed by atoms with Crippen molar-refractivity contribution < 1.29 is 9.47 Å². The van der Waals surface area contributed by atoms with Gasteiger partial charge in [0.25, 0.3) is 0 Å². The lowest BCUT2D eigenvalue weighted by molar-refractivity contribution is 0.172. The first-order valence-electron chi connectivity index (χ1n) is 6.35. The predicted octanol–water partition coefficient (Wildman–Crippen LogP) is 2.19. The first-order chi connectivity index (χ1) is 8.79. The lowest BCUT2D eigenvalue weighted by Gasteiger charge is -2.18. The minimum absolute atomic E-state index is 0.556. The Kier molecular flexibility index (Phi) is 2.74. The molecule has 3 rings (SSSR count). The number of nitrogens with zero attached hydrogens (tertiary/aromatic N) is 2. The third-order valence-electron chi connectivity index (χ3n) is 3.18. The number of ether oxygens (including phenoxy) is 2. The van der Waals surface area contributed by atoms with Gasteiger partial charge in [0.1, 0.15) is 13.2 Å². The quantitative estimate of drug-likeness (QED) is 0.903. The summed E-state index contributed by atoms with van der Waals surface area (Å²) in [6, 6.07) is 3.88. The van der Waals surface area contributed by atoms with Crippen LogP contribution in [0.25, 0.3) is 11.0 Å². The molecule has 96 valence electrons. The van der Waals surface area contributed by atoms with Crippen LogP contribution in [0.2, 0.25) is 0 Å². The molecular weight excluding hydrogens is 230 g/mol. The number of nitrogen functional groups attached to an aromatic ring is 1. The van der Waals surface area contributed by atoms with Gasteiger partial charge in [-0.1, -0.05) is 13.3 Å². The van der Waals surface area contributed by atoms with E-state index < -0.39 is 0 Å². The van der Waals surface area contributed by atoms with E-state index in [-0.39, 0.29) is 0 Å². The van der Waals surface area contributed by atoms with Crippen LogP contribution < -0.4 is 15.2 Å². The van der Waals surface area contributed by atoms with Gasteiger partial charge in [0.2, 0.25) is 5.95 Å². The maximum atomic E-state index is 5.96. The Labute approximate surface area is 106 Å². The van der Waals surface area contributed by atoms with Crippen LogP contribution in [-0.2, 0) is 6.54 Å². The van der Waals surface area contributed by atoms with Crippen molar-refractivity contribution in [2.45, 2.75) is 26.3 Å². The summed E-state index contributed by atoms with van der Waals surface area (Å²) in [4.78, 5) is 4.38. The van der Waals surface area contributed by atoms with Gasteiger partial charge < -0.3 is 19.8 Å². The van der Waals surface area contributed by atoms with Crippen molar-refractivity contribution in [2.24, 2.45) is 0 Å². The molecule has 2 N–H and O–H groups in total. The maximum absolute atomic E-state index is 5.96. The Bertz CT molecular complexity index is 577. The number of aromatic nitrogens is 2. The van der Waals surface area contributed by atoms with Gasteiger partial charge in [0, 0.05) is 18.7 Å². The highest BCUT2D eigenvalue weighted by molar-refractivity contribution is 5.82. The summed E-state index contributed by atoms with van der Waals surface area (Å²) in [5.74, 6) is 2.10. The van der Waals surface area contributed by atoms with Gasteiger partial charge in [-0.3, -0.25) is 0 Å². The van der Waals surface area contributed by atoms with Gasteiger partial charge in [0.15, 0.2) is 11.5 Å². The highest BCUT2D eigenvalue weighted by Gasteiger charge is 2.16. The maximum Gasteiger partial charge on any atom is 0.201 e. The molecule has 1 aromatic heterocycles. The minimum atomic E-state index is 0.556. The Morgan fingerprint density at radius 1 is 1.28 bits per heavy atom. The number of unbranched alkanes of at least 4 members (excludes halogenated alkanes) is 1. The third-order valence-corrected chi connectivity index (χ3v) is 3.18. The van der Waals surface area contributed by atoms with Crippen LogP contribution in [0.15, 0.2) is 12.1 Å². The van der Waals surface area contributed by atoms with Crippen LogP contribution in [0.1, 0.15) is 19.8 Å². The molecule has 0 aliphatic carbocycles. The largest absolute Gasteiger partial charge is 0.486 e. The SMILES string of the molecule is CCCCn1c(N)nc2cc3c(cc21)OCCO3. The normalized spacial score (nSPS) is 14.1. The van der Waals surface area contributed by atoms with Crippen molar-refractivity contribution in [1.29, 1.82) is 0 Å². The molecule has 5 nitrogen and oxygen atoms in total. The molecule has 18 heavy (non-hydrogen) atoms. The van der Waals surface area contributed by atoms with E-state index in [0.29, 0.717) is 19.2 Å². The van der Waals surface area contributed by atoms with E-state index >= 15 is 0 Å². The molecule has 1 aromatic carbocycles. The van der Waals surface area contributed by atoms with Crippen molar-refractivity contribution in [3.63, 3.8) is 0 Å². The van der Waals surface area contributed by atoms with E-state index in [2.05, 4.69) is 11.9 Å². The Morgan fingerprint density at radius 2 is 2.00 bits per heavy atom. The fraction of sp³-hybridized carbons (Fsp3) is 0.462. The van der Waals surface area contributed by atoms with Gasteiger partial charge in [0.05, 0.1) is 11.0 Å². The standard InChI is InChI=1S/C13H17N3O2/c1-2-3-4-16-10-8-12-11(17-5-6-18-12)7-9(10)15-13(16)14/h7-8H,2-6H2,1H3,(H2,14,15). The van der Waals surface area contributed by atoms with Crippen molar-refractivity contribution >= 4 is 17.0 Å². The molecule has 0 saturated heterocycles.